The van der Waals surface area contributed by atoms with Crippen molar-refractivity contribution in [3.8, 4) is 0 Å². The second-order valence-electron chi connectivity index (χ2n) is 5.16. The summed E-state index contributed by atoms with van der Waals surface area (Å²) in [6, 6.07) is 16.5. The van der Waals surface area contributed by atoms with Crippen molar-refractivity contribution in [2.75, 3.05) is 6.54 Å². The zero-order valence-corrected chi connectivity index (χ0v) is 12.3. The minimum Gasteiger partial charge on any atom is -0.480 e. The first-order valence-electron chi connectivity index (χ1n) is 7.13. The molecule has 1 aromatic heterocycles. The van der Waals surface area contributed by atoms with Crippen molar-refractivity contribution >= 4 is 22.8 Å². The molecule has 3 aromatic rings. The predicted octanol–water partition coefficient (Wildman–Crippen LogP) is 2.29. The van der Waals surface area contributed by atoms with Gasteiger partial charge in [0.1, 0.15) is 6.54 Å². The number of carbonyl (C=O) groups is 2. The average molecular weight is 309 g/mol. The molecule has 6 nitrogen and oxygen atoms in total. The van der Waals surface area contributed by atoms with E-state index in [9.17, 15) is 9.59 Å². The molecule has 2 N–H and O–H groups in total. The van der Waals surface area contributed by atoms with Crippen LogP contribution in [-0.4, -0.2) is 38.6 Å². The first-order chi connectivity index (χ1) is 11.1. The summed E-state index contributed by atoms with van der Waals surface area (Å²) >= 11 is 0. The number of H-pyrrole nitrogens is 1. The average Bonchev–Trinajstić information content (AvgIpc) is 2.98. The van der Waals surface area contributed by atoms with Crippen LogP contribution in [-0.2, 0) is 11.3 Å². The summed E-state index contributed by atoms with van der Waals surface area (Å²) in [5.74, 6) is -1.47. The van der Waals surface area contributed by atoms with Gasteiger partial charge in [-0.15, -0.1) is 0 Å². The van der Waals surface area contributed by atoms with Crippen molar-refractivity contribution in [1.82, 2.24) is 15.1 Å². The van der Waals surface area contributed by atoms with Crippen molar-refractivity contribution in [1.29, 1.82) is 0 Å². The van der Waals surface area contributed by atoms with Gasteiger partial charge in [-0.1, -0.05) is 48.5 Å². The van der Waals surface area contributed by atoms with E-state index in [1.165, 1.54) is 4.90 Å². The molecule has 0 radical (unpaired) electrons. The Bertz CT molecular complexity index is 842. The number of hydrogen-bond donors (Lipinski definition) is 2. The van der Waals surface area contributed by atoms with Crippen molar-refractivity contribution in [2.24, 2.45) is 0 Å². The maximum Gasteiger partial charge on any atom is 0.323 e. The van der Waals surface area contributed by atoms with Crippen molar-refractivity contribution in [3.05, 3.63) is 65.9 Å². The minimum atomic E-state index is -1.06. The van der Waals surface area contributed by atoms with Crippen molar-refractivity contribution in [3.63, 3.8) is 0 Å². The minimum absolute atomic E-state index is 0.215. The van der Waals surface area contributed by atoms with E-state index >= 15 is 0 Å². The molecule has 3 rings (SSSR count). The number of benzene rings is 2. The van der Waals surface area contributed by atoms with Gasteiger partial charge in [-0.25, -0.2) is 0 Å². The molecule has 116 valence electrons. The Kier molecular flexibility index (Phi) is 4.05. The predicted molar refractivity (Wildman–Crippen MR) is 84.9 cm³/mol. The zero-order chi connectivity index (χ0) is 16.2. The van der Waals surface area contributed by atoms with E-state index < -0.39 is 11.9 Å². The molecule has 6 heteroatoms. The molecular formula is C17H15N3O3. The van der Waals surface area contributed by atoms with E-state index in [2.05, 4.69) is 10.2 Å². The third kappa shape index (κ3) is 3.21. The summed E-state index contributed by atoms with van der Waals surface area (Å²) in [4.78, 5) is 25.1. The monoisotopic (exact) mass is 309 g/mol. The second-order valence-corrected chi connectivity index (χ2v) is 5.16. The van der Waals surface area contributed by atoms with E-state index in [-0.39, 0.29) is 18.8 Å². The molecule has 0 atom stereocenters. The molecular weight excluding hydrogens is 294 g/mol. The molecule has 1 heterocycles. The number of fused-ring (bicyclic) bond motifs is 1. The van der Waals surface area contributed by atoms with Crippen LogP contribution in [0.25, 0.3) is 10.9 Å². The molecule has 0 saturated heterocycles. The van der Waals surface area contributed by atoms with E-state index in [0.29, 0.717) is 5.39 Å². The summed E-state index contributed by atoms with van der Waals surface area (Å²) in [5.41, 5.74) is 1.84. The van der Waals surface area contributed by atoms with Gasteiger partial charge in [-0.2, -0.15) is 5.10 Å². The smallest absolute Gasteiger partial charge is 0.323 e. The number of hydrogen-bond acceptors (Lipinski definition) is 3. The maximum absolute atomic E-state index is 12.7. The van der Waals surface area contributed by atoms with Crippen LogP contribution in [0.15, 0.2) is 54.6 Å². The summed E-state index contributed by atoms with van der Waals surface area (Å²) in [5, 5.41) is 16.6. The van der Waals surface area contributed by atoms with Crippen molar-refractivity contribution in [2.45, 2.75) is 6.54 Å². The number of aromatic amines is 1. The Labute approximate surface area is 132 Å². The third-order valence-corrected chi connectivity index (χ3v) is 3.50. The molecule has 0 spiro atoms. The van der Waals surface area contributed by atoms with E-state index in [4.69, 9.17) is 5.11 Å². The SMILES string of the molecule is O=C(O)CN(Cc1ccccc1)C(=O)c1n[nH]c2ccccc12. The van der Waals surface area contributed by atoms with Crippen LogP contribution in [0.1, 0.15) is 16.1 Å². The van der Waals surface area contributed by atoms with Crippen LogP contribution in [0.4, 0.5) is 0 Å². The third-order valence-electron chi connectivity index (χ3n) is 3.50. The lowest BCUT2D eigenvalue weighted by atomic mass is 10.1. The molecule has 23 heavy (non-hydrogen) atoms. The number of aromatic nitrogens is 2. The normalized spacial score (nSPS) is 10.6. The summed E-state index contributed by atoms with van der Waals surface area (Å²) < 4.78 is 0. The number of aliphatic carboxylic acids is 1. The zero-order valence-electron chi connectivity index (χ0n) is 12.3. The number of nitrogens with one attached hydrogen (secondary N) is 1. The Balaban J connectivity index is 1.92. The van der Waals surface area contributed by atoms with Gasteiger partial charge in [-0.05, 0) is 11.6 Å². The lowest BCUT2D eigenvalue weighted by molar-refractivity contribution is -0.137. The molecule has 0 aliphatic carbocycles. The lowest BCUT2D eigenvalue weighted by Gasteiger charge is -2.20. The van der Waals surface area contributed by atoms with E-state index in [0.717, 1.165) is 11.1 Å². The van der Waals surface area contributed by atoms with Crippen LogP contribution < -0.4 is 0 Å². The maximum atomic E-state index is 12.7. The highest BCUT2D eigenvalue weighted by atomic mass is 16.4. The van der Waals surface area contributed by atoms with Gasteiger partial charge in [0.2, 0.25) is 0 Å². The Morgan fingerprint density at radius 3 is 2.48 bits per heavy atom. The molecule has 0 saturated carbocycles. The Morgan fingerprint density at radius 1 is 1.04 bits per heavy atom. The topological polar surface area (TPSA) is 86.3 Å². The van der Waals surface area contributed by atoms with Gasteiger partial charge in [0.05, 0.1) is 5.52 Å². The Hall–Kier alpha value is -3.15. The molecule has 0 aliphatic heterocycles. The first-order valence-corrected chi connectivity index (χ1v) is 7.13. The molecule has 2 aromatic carbocycles. The van der Waals surface area contributed by atoms with Crippen LogP contribution in [0.2, 0.25) is 0 Å². The lowest BCUT2D eigenvalue weighted by Crippen LogP contribution is -2.35. The molecule has 0 fully saturated rings. The Morgan fingerprint density at radius 2 is 1.74 bits per heavy atom. The fourth-order valence-electron chi connectivity index (χ4n) is 2.44. The number of para-hydroxylation sites is 1. The van der Waals surface area contributed by atoms with Gasteiger partial charge in [0.25, 0.3) is 5.91 Å². The van der Waals surface area contributed by atoms with Crippen LogP contribution in [0.5, 0.6) is 0 Å². The van der Waals surface area contributed by atoms with E-state index in [1.54, 1.807) is 6.07 Å². The molecule has 0 aliphatic rings. The molecule has 0 unspecified atom stereocenters. The largest absolute Gasteiger partial charge is 0.480 e. The van der Waals surface area contributed by atoms with E-state index in [1.807, 2.05) is 48.5 Å². The second kappa shape index (κ2) is 6.31. The number of rotatable bonds is 5. The van der Waals surface area contributed by atoms with Crippen LogP contribution in [0.3, 0.4) is 0 Å². The highest BCUT2D eigenvalue weighted by Crippen LogP contribution is 2.18. The molecule has 1 amide bonds. The number of carbonyl (C=O) groups excluding carboxylic acids is 1. The fourth-order valence-corrected chi connectivity index (χ4v) is 2.44. The van der Waals surface area contributed by atoms with Crippen molar-refractivity contribution < 1.29 is 14.7 Å². The summed E-state index contributed by atoms with van der Waals surface area (Å²) in [6.45, 7) is -0.165. The van der Waals surface area contributed by atoms with Gasteiger partial charge in [-0.3, -0.25) is 14.7 Å². The van der Waals surface area contributed by atoms with Gasteiger partial charge in [0.15, 0.2) is 5.69 Å². The standard InChI is InChI=1S/C17H15N3O3/c21-15(22)11-20(10-12-6-2-1-3-7-12)17(23)16-13-8-4-5-9-14(13)18-19-16/h1-9H,10-11H2,(H,18,19)(H,21,22). The first kappa shape index (κ1) is 14.8. The van der Waals surface area contributed by atoms with Crippen LogP contribution in [0, 0.1) is 0 Å². The summed E-state index contributed by atoms with van der Waals surface area (Å²) in [6.07, 6.45) is 0. The molecule has 0 bridgehead atoms. The highest BCUT2D eigenvalue weighted by molar-refractivity contribution is 6.05. The number of amides is 1. The number of nitrogens with zero attached hydrogens (tertiary/aromatic N) is 2. The quantitative estimate of drug-likeness (QED) is 0.757. The number of carboxylic acid groups (broad SMARTS) is 1. The van der Waals surface area contributed by atoms with Gasteiger partial charge in [0, 0.05) is 11.9 Å². The number of carboxylic acids is 1. The highest BCUT2D eigenvalue weighted by Gasteiger charge is 2.23. The van der Waals surface area contributed by atoms with Gasteiger partial charge >= 0.3 is 5.97 Å². The fraction of sp³-hybridized carbons (Fsp3) is 0.118. The van der Waals surface area contributed by atoms with Gasteiger partial charge < -0.3 is 10.0 Å². The summed E-state index contributed by atoms with van der Waals surface area (Å²) in [7, 11) is 0. The van der Waals surface area contributed by atoms with Crippen LogP contribution >= 0.6 is 0 Å².